The Balaban J connectivity index is 1.87. The van der Waals surface area contributed by atoms with E-state index in [0.717, 1.165) is 11.3 Å². The van der Waals surface area contributed by atoms with Crippen LogP contribution in [0.4, 0.5) is 5.69 Å². The molecule has 0 aliphatic rings. The number of hydrogen-bond acceptors (Lipinski definition) is 5. The summed E-state index contributed by atoms with van der Waals surface area (Å²) in [5.74, 6) is 1.36. The fourth-order valence-corrected chi connectivity index (χ4v) is 2.29. The number of ether oxygens (including phenoxy) is 2. The molecule has 3 rings (SSSR count). The van der Waals surface area contributed by atoms with Gasteiger partial charge in [0, 0.05) is 5.56 Å². The first-order chi connectivity index (χ1) is 11.7. The van der Waals surface area contributed by atoms with E-state index in [0.29, 0.717) is 22.8 Å². The number of nitrogens with zero attached hydrogens (tertiary/aromatic N) is 1. The highest BCUT2D eigenvalue weighted by Gasteiger charge is 2.19. The van der Waals surface area contributed by atoms with Crippen LogP contribution in [0.1, 0.15) is 10.4 Å². The van der Waals surface area contributed by atoms with Crippen LogP contribution in [0.25, 0.3) is 11.3 Å². The van der Waals surface area contributed by atoms with Crippen LogP contribution >= 0.6 is 0 Å². The lowest BCUT2D eigenvalue weighted by Gasteiger charge is -2.09. The summed E-state index contributed by atoms with van der Waals surface area (Å²) < 4.78 is 15.6. The van der Waals surface area contributed by atoms with Crippen molar-refractivity contribution in [3.63, 3.8) is 0 Å². The van der Waals surface area contributed by atoms with Crippen molar-refractivity contribution >= 4 is 11.6 Å². The fraction of sp³-hybridized carbons (Fsp3) is 0.111. The molecule has 0 radical (unpaired) electrons. The van der Waals surface area contributed by atoms with Gasteiger partial charge in [-0.1, -0.05) is 17.3 Å². The molecule has 1 aromatic heterocycles. The van der Waals surface area contributed by atoms with Gasteiger partial charge in [0.2, 0.25) is 0 Å². The molecule has 24 heavy (non-hydrogen) atoms. The number of benzene rings is 2. The molecule has 1 heterocycles. The van der Waals surface area contributed by atoms with Gasteiger partial charge in [0.25, 0.3) is 5.91 Å². The van der Waals surface area contributed by atoms with Crippen molar-refractivity contribution in [1.82, 2.24) is 5.16 Å². The highest BCUT2D eigenvalue weighted by atomic mass is 16.5. The van der Waals surface area contributed by atoms with E-state index in [-0.39, 0.29) is 5.91 Å². The van der Waals surface area contributed by atoms with E-state index in [1.165, 1.54) is 6.20 Å². The Hall–Kier alpha value is -3.28. The molecule has 0 saturated carbocycles. The van der Waals surface area contributed by atoms with E-state index < -0.39 is 0 Å². The van der Waals surface area contributed by atoms with Crippen LogP contribution in [-0.2, 0) is 0 Å². The average molecular weight is 324 g/mol. The van der Waals surface area contributed by atoms with E-state index >= 15 is 0 Å². The first kappa shape index (κ1) is 15.6. The largest absolute Gasteiger partial charge is 0.497 e. The van der Waals surface area contributed by atoms with Gasteiger partial charge in [0.05, 0.1) is 26.1 Å². The quantitative estimate of drug-likeness (QED) is 0.776. The second-order valence-corrected chi connectivity index (χ2v) is 4.95. The zero-order chi connectivity index (χ0) is 16.9. The second-order valence-electron chi connectivity index (χ2n) is 4.95. The Morgan fingerprint density at radius 1 is 1.04 bits per heavy atom. The summed E-state index contributed by atoms with van der Waals surface area (Å²) in [6.07, 6.45) is 1.39. The zero-order valence-electron chi connectivity index (χ0n) is 13.3. The second kappa shape index (κ2) is 6.87. The van der Waals surface area contributed by atoms with E-state index in [4.69, 9.17) is 14.0 Å². The van der Waals surface area contributed by atoms with Gasteiger partial charge in [-0.25, -0.2) is 0 Å². The van der Waals surface area contributed by atoms with Crippen LogP contribution in [0.3, 0.4) is 0 Å². The number of carbonyl (C=O) groups excluding carboxylic acids is 1. The molecular formula is C18H16N2O4. The number of anilines is 1. The summed E-state index contributed by atoms with van der Waals surface area (Å²) in [6, 6.07) is 14.4. The molecule has 0 fully saturated rings. The minimum atomic E-state index is -0.327. The Labute approximate surface area is 139 Å². The molecule has 0 saturated heterocycles. The number of aromatic nitrogens is 1. The molecule has 1 amide bonds. The number of para-hydroxylation sites is 2. The maximum Gasteiger partial charge on any atom is 0.261 e. The standard InChI is InChI=1S/C18H16N2O4/c1-22-13-9-7-12(8-10-13)17-14(11-19-24-17)18(21)20-15-5-3-4-6-16(15)23-2/h3-11H,1-2H3,(H,20,21). The van der Waals surface area contributed by atoms with Gasteiger partial charge >= 0.3 is 0 Å². The Morgan fingerprint density at radius 2 is 1.79 bits per heavy atom. The molecule has 3 aromatic rings. The van der Waals surface area contributed by atoms with Gasteiger partial charge < -0.3 is 19.3 Å². The lowest BCUT2D eigenvalue weighted by Crippen LogP contribution is -2.12. The number of hydrogen-bond donors (Lipinski definition) is 1. The van der Waals surface area contributed by atoms with Crippen molar-refractivity contribution in [2.24, 2.45) is 0 Å². The molecule has 0 unspecified atom stereocenters. The molecule has 1 N–H and O–H groups in total. The SMILES string of the molecule is COc1ccc(-c2oncc2C(=O)Nc2ccccc2OC)cc1. The van der Waals surface area contributed by atoms with Gasteiger partial charge in [-0.05, 0) is 36.4 Å². The van der Waals surface area contributed by atoms with Crippen molar-refractivity contribution in [3.8, 4) is 22.8 Å². The minimum absolute atomic E-state index is 0.327. The van der Waals surface area contributed by atoms with Crippen molar-refractivity contribution in [3.05, 3.63) is 60.3 Å². The van der Waals surface area contributed by atoms with Crippen LogP contribution in [0.15, 0.2) is 59.3 Å². The summed E-state index contributed by atoms with van der Waals surface area (Å²) in [5, 5.41) is 6.56. The van der Waals surface area contributed by atoms with Crippen molar-refractivity contribution in [1.29, 1.82) is 0 Å². The predicted molar refractivity (Wildman–Crippen MR) is 89.4 cm³/mol. The number of carbonyl (C=O) groups is 1. The smallest absolute Gasteiger partial charge is 0.261 e. The number of rotatable bonds is 5. The number of methoxy groups -OCH3 is 2. The summed E-state index contributed by atoms with van der Waals surface area (Å²) in [4.78, 5) is 12.6. The zero-order valence-corrected chi connectivity index (χ0v) is 13.3. The fourth-order valence-electron chi connectivity index (χ4n) is 2.29. The van der Waals surface area contributed by atoms with Gasteiger partial charge in [-0.15, -0.1) is 0 Å². The van der Waals surface area contributed by atoms with Crippen molar-refractivity contribution in [2.75, 3.05) is 19.5 Å². The van der Waals surface area contributed by atoms with Gasteiger partial charge in [-0.3, -0.25) is 4.79 Å². The van der Waals surface area contributed by atoms with Crippen molar-refractivity contribution in [2.45, 2.75) is 0 Å². The third kappa shape index (κ3) is 3.08. The Kier molecular flexibility index (Phi) is 4.47. The highest BCUT2D eigenvalue weighted by molar-refractivity contribution is 6.08. The monoisotopic (exact) mass is 324 g/mol. The third-order valence-corrected chi connectivity index (χ3v) is 3.52. The lowest BCUT2D eigenvalue weighted by atomic mass is 10.1. The van der Waals surface area contributed by atoms with E-state index in [9.17, 15) is 4.79 Å². The van der Waals surface area contributed by atoms with Crippen molar-refractivity contribution < 1.29 is 18.8 Å². The third-order valence-electron chi connectivity index (χ3n) is 3.52. The number of amides is 1. The first-order valence-electron chi connectivity index (χ1n) is 7.26. The topological polar surface area (TPSA) is 73.6 Å². The summed E-state index contributed by atoms with van der Waals surface area (Å²) in [5.41, 5.74) is 1.65. The van der Waals surface area contributed by atoms with Crippen LogP contribution in [0, 0.1) is 0 Å². The van der Waals surface area contributed by atoms with Crippen LogP contribution in [0.5, 0.6) is 11.5 Å². The normalized spacial score (nSPS) is 10.2. The molecule has 6 heteroatoms. The maximum atomic E-state index is 12.6. The minimum Gasteiger partial charge on any atom is -0.497 e. The van der Waals surface area contributed by atoms with Gasteiger partial charge in [0.15, 0.2) is 5.76 Å². The summed E-state index contributed by atoms with van der Waals surface area (Å²) in [6.45, 7) is 0. The molecular weight excluding hydrogens is 308 g/mol. The van der Waals surface area contributed by atoms with Gasteiger partial charge in [0.1, 0.15) is 17.1 Å². The molecule has 0 bridgehead atoms. The van der Waals surface area contributed by atoms with Crippen LogP contribution in [0.2, 0.25) is 0 Å². The highest BCUT2D eigenvalue weighted by Crippen LogP contribution is 2.28. The lowest BCUT2D eigenvalue weighted by molar-refractivity contribution is 0.102. The molecule has 6 nitrogen and oxygen atoms in total. The van der Waals surface area contributed by atoms with E-state index in [1.54, 1.807) is 50.6 Å². The van der Waals surface area contributed by atoms with E-state index in [2.05, 4.69) is 10.5 Å². The Morgan fingerprint density at radius 3 is 2.50 bits per heavy atom. The summed E-state index contributed by atoms with van der Waals surface area (Å²) >= 11 is 0. The van der Waals surface area contributed by atoms with Gasteiger partial charge in [-0.2, -0.15) is 0 Å². The molecule has 0 aliphatic heterocycles. The molecule has 122 valence electrons. The first-order valence-corrected chi connectivity index (χ1v) is 7.26. The molecule has 0 aliphatic carbocycles. The molecule has 2 aromatic carbocycles. The molecule has 0 atom stereocenters. The Bertz CT molecular complexity index is 840. The number of nitrogens with one attached hydrogen (secondary N) is 1. The molecule has 0 spiro atoms. The average Bonchev–Trinajstić information content (AvgIpc) is 3.12. The van der Waals surface area contributed by atoms with Crippen LogP contribution in [-0.4, -0.2) is 25.3 Å². The predicted octanol–water partition coefficient (Wildman–Crippen LogP) is 3.61. The van der Waals surface area contributed by atoms with E-state index in [1.807, 2.05) is 12.1 Å². The van der Waals surface area contributed by atoms with Crippen LogP contribution < -0.4 is 14.8 Å². The maximum absolute atomic E-state index is 12.6. The summed E-state index contributed by atoms with van der Waals surface area (Å²) in [7, 11) is 3.14.